The molecule has 1 aliphatic heterocycles. The predicted octanol–water partition coefficient (Wildman–Crippen LogP) is 2.70. The van der Waals surface area contributed by atoms with Crippen LogP contribution in [0.1, 0.15) is 32.3 Å². The summed E-state index contributed by atoms with van der Waals surface area (Å²) in [6.45, 7) is 5.16. The second-order valence-corrected chi connectivity index (χ2v) is 9.63. The third-order valence-electron chi connectivity index (χ3n) is 5.78. The molecule has 2 atom stereocenters. The van der Waals surface area contributed by atoms with Gasteiger partial charge in [0, 0.05) is 18.7 Å². The Morgan fingerprint density at radius 2 is 1.94 bits per heavy atom. The van der Waals surface area contributed by atoms with Crippen molar-refractivity contribution in [2.75, 3.05) is 6.54 Å². The fourth-order valence-corrected chi connectivity index (χ4v) is 5.03. The minimum Gasteiger partial charge on any atom is -0.354 e. The molecule has 2 N–H and O–H groups in total. The van der Waals surface area contributed by atoms with Gasteiger partial charge in [0.2, 0.25) is 5.91 Å². The number of carbonyl (C=O) groups excluding carboxylic acids is 1. The predicted molar refractivity (Wildman–Crippen MR) is 124 cm³/mol. The smallest absolute Gasteiger partial charge is 0.263 e. The summed E-state index contributed by atoms with van der Waals surface area (Å²) in [5.41, 5.74) is 2.51. The molecule has 0 fully saturated rings. The molecule has 1 aliphatic rings. The van der Waals surface area contributed by atoms with Crippen molar-refractivity contribution in [3.05, 3.63) is 60.4 Å². The first-order chi connectivity index (χ1) is 15.4. The molecule has 3 aromatic rings. The van der Waals surface area contributed by atoms with E-state index >= 15 is 0 Å². The number of amidine groups is 1. The van der Waals surface area contributed by atoms with Gasteiger partial charge in [0.05, 0.1) is 22.3 Å². The van der Waals surface area contributed by atoms with Crippen molar-refractivity contribution in [2.24, 2.45) is 10.9 Å². The van der Waals surface area contributed by atoms with E-state index in [0.717, 1.165) is 30.4 Å². The van der Waals surface area contributed by atoms with E-state index in [9.17, 15) is 13.2 Å². The normalized spacial score (nSPS) is 17.6. The van der Waals surface area contributed by atoms with Crippen LogP contribution in [0.5, 0.6) is 0 Å². The zero-order valence-electron chi connectivity index (χ0n) is 18.2. The summed E-state index contributed by atoms with van der Waals surface area (Å²) >= 11 is 0. The van der Waals surface area contributed by atoms with E-state index in [2.05, 4.69) is 24.6 Å². The van der Waals surface area contributed by atoms with Crippen LogP contribution in [0.4, 0.5) is 0 Å². The van der Waals surface area contributed by atoms with Gasteiger partial charge in [-0.05, 0) is 36.6 Å². The molecular formula is C23H27N5O3S. The number of aliphatic imine (C=N–C) groups is 1. The van der Waals surface area contributed by atoms with Crippen LogP contribution in [0.2, 0.25) is 0 Å². The molecule has 4 rings (SSSR count). The molecule has 32 heavy (non-hydrogen) atoms. The Bertz CT molecular complexity index is 1270. The van der Waals surface area contributed by atoms with Crippen LogP contribution in [0.25, 0.3) is 11.0 Å². The maximum atomic E-state index is 13.0. The number of carbonyl (C=O) groups is 1. The van der Waals surface area contributed by atoms with E-state index in [-0.39, 0.29) is 22.6 Å². The third kappa shape index (κ3) is 4.38. The maximum absolute atomic E-state index is 13.0. The highest BCUT2D eigenvalue weighted by Crippen LogP contribution is 2.24. The van der Waals surface area contributed by atoms with Gasteiger partial charge in [-0.25, -0.2) is 13.4 Å². The van der Waals surface area contributed by atoms with Gasteiger partial charge in [-0.15, -0.1) is 0 Å². The molecule has 2 aromatic carbocycles. The molecule has 0 saturated carbocycles. The molecule has 0 spiro atoms. The van der Waals surface area contributed by atoms with E-state index in [1.54, 1.807) is 24.3 Å². The lowest BCUT2D eigenvalue weighted by atomic mass is 9.98. The second-order valence-electron chi connectivity index (χ2n) is 7.98. The Hall–Kier alpha value is -3.20. The Morgan fingerprint density at radius 3 is 2.75 bits per heavy atom. The number of benzene rings is 2. The van der Waals surface area contributed by atoms with Gasteiger partial charge in [-0.3, -0.25) is 14.5 Å². The summed E-state index contributed by atoms with van der Waals surface area (Å²) in [5.74, 6) is -0.0192. The number of hydrogen-bond donors (Lipinski definition) is 2. The molecule has 9 heteroatoms. The Kier molecular flexibility index (Phi) is 6.27. The van der Waals surface area contributed by atoms with E-state index in [4.69, 9.17) is 0 Å². The topological polar surface area (TPSA) is 105 Å². The van der Waals surface area contributed by atoms with Crippen molar-refractivity contribution in [1.29, 1.82) is 0 Å². The molecule has 0 bridgehead atoms. The monoisotopic (exact) mass is 453 g/mol. The standard InChI is InChI=1S/C23H27N5O3S/c1-3-16(2)21(26-22-17-9-4-7-12-20(17)32(30,31)27-22)23(29)24-13-8-14-28-15-25-18-10-5-6-11-19(18)28/h4-7,9-12,15-16,21H,3,8,13-14H2,1-2H3,(H,24,29)(H,26,27)/t16-,21-/m0/s1. The minimum atomic E-state index is -3.64. The summed E-state index contributed by atoms with van der Waals surface area (Å²) in [6.07, 6.45) is 3.29. The first kappa shape index (κ1) is 22.0. The van der Waals surface area contributed by atoms with Crippen molar-refractivity contribution in [1.82, 2.24) is 19.6 Å². The van der Waals surface area contributed by atoms with Crippen LogP contribution in [0.15, 0.2) is 64.7 Å². The van der Waals surface area contributed by atoms with Gasteiger partial charge in [0.15, 0.2) is 0 Å². The van der Waals surface area contributed by atoms with Gasteiger partial charge in [0.1, 0.15) is 11.9 Å². The van der Waals surface area contributed by atoms with Gasteiger partial charge < -0.3 is 9.88 Å². The lowest BCUT2D eigenvalue weighted by Crippen LogP contribution is -2.39. The molecule has 0 radical (unpaired) electrons. The summed E-state index contributed by atoms with van der Waals surface area (Å²) in [6, 6.07) is 13.9. The largest absolute Gasteiger partial charge is 0.354 e. The quantitative estimate of drug-likeness (QED) is 0.512. The number of sulfonamides is 1. The average molecular weight is 454 g/mol. The maximum Gasteiger partial charge on any atom is 0.263 e. The first-order valence-corrected chi connectivity index (χ1v) is 12.3. The van der Waals surface area contributed by atoms with Crippen LogP contribution in [0.3, 0.4) is 0 Å². The third-order valence-corrected chi connectivity index (χ3v) is 7.18. The highest BCUT2D eigenvalue weighted by Gasteiger charge is 2.33. The molecule has 1 aromatic heterocycles. The van der Waals surface area contributed by atoms with E-state index in [1.807, 2.05) is 44.4 Å². The van der Waals surface area contributed by atoms with Crippen molar-refractivity contribution in [3.8, 4) is 0 Å². The number of para-hydroxylation sites is 2. The summed E-state index contributed by atoms with van der Waals surface area (Å²) in [5, 5.41) is 2.97. The number of aromatic nitrogens is 2. The summed E-state index contributed by atoms with van der Waals surface area (Å²) < 4.78 is 29.3. The number of aryl methyl sites for hydroxylation is 1. The summed E-state index contributed by atoms with van der Waals surface area (Å²) in [4.78, 5) is 22.1. The van der Waals surface area contributed by atoms with E-state index in [1.165, 1.54) is 0 Å². The van der Waals surface area contributed by atoms with Crippen molar-refractivity contribution in [2.45, 2.75) is 44.2 Å². The second kappa shape index (κ2) is 9.12. The van der Waals surface area contributed by atoms with E-state index < -0.39 is 16.1 Å². The molecule has 8 nitrogen and oxygen atoms in total. The Labute approximate surface area is 187 Å². The molecule has 0 aliphatic carbocycles. The number of nitrogens with zero attached hydrogens (tertiary/aromatic N) is 3. The number of nitrogens with one attached hydrogen (secondary N) is 2. The zero-order valence-corrected chi connectivity index (χ0v) is 19.0. The molecule has 168 valence electrons. The molecule has 2 heterocycles. The molecular weight excluding hydrogens is 426 g/mol. The van der Waals surface area contributed by atoms with Crippen molar-refractivity contribution >= 4 is 32.8 Å². The SMILES string of the molecule is CC[C@H](C)[C@H](N=C1NS(=O)(=O)c2ccccc21)C(=O)NCCCn1cnc2ccccc21. The molecule has 0 saturated heterocycles. The molecule has 0 unspecified atom stereocenters. The zero-order chi connectivity index (χ0) is 22.7. The van der Waals surface area contributed by atoms with Crippen LogP contribution in [0, 0.1) is 5.92 Å². The lowest BCUT2D eigenvalue weighted by Gasteiger charge is -2.19. The highest BCUT2D eigenvalue weighted by atomic mass is 32.2. The van der Waals surface area contributed by atoms with Crippen LogP contribution in [-0.4, -0.2) is 42.3 Å². The van der Waals surface area contributed by atoms with Gasteiger partial charge in [-0.1, -0.05) is 44.5 Å². The lowest BCUT2D eigenvalue weighted by molar-refractivity contribution is -0.123. The Balaban J connectivity index is 1.43. The summed E-state index contributed by atoms with van der Waals surface area (Å²) in [7, 11) is -3.64. The molecule has 1 amide bonds. The van der Waals surface area contributed by atoms with Gasteiger partial charge in [0.25, 0.3) is 10.0 Å². The van der Waals surface area contributed by atoms with Crippen LogP contribution < -0.4 is 10.0 Å². The van der Waals surface area contributed by atoms with Crippen LogP contribution in [-0.2, 0) is 21.4 Å². The number of fused-ring (bicyclic) bond motifs is 2. The number of amides is 1. The fourth-order valence-electron chi connectivity index (χ4n) is 3.79. The van der Waals surface area contributed by atoms with E-state index in [0.29, 0.717) is 12.1 Å². The number of rotatable bonds is 8. The van der Waals surface area contributed by atoms with Gasteiger partial charge >= 0.3 is 0 Å². The Morgan fingerprint density at radius 1 is 1.19 bits per heavy atom. The number of imidazole rings is 1. The van der Waals surface area contributed by atoms with Gasteiger partial charge in [-0.2, -0.15) is 0 Å². The van der Waals surface area contributed by atoms with Crippen molar-refractivity contribution < 1.29 is 13.2 Å². The number of hydrogen-bond acceptors (Lipinski definition) is 5. The van der Waals surface area contributed by atoms with Crippen molar-refractivity contribution in [3.63, 3.8) is 0 Å². The minimum absolute atomic E-state index is 0.0441. The fraction of sp³-hybridized carbons (Fsp3) is 0.348. The average Bonchev–Trinajstić information content (AvgIpc) is 3.32. The highest BCUT2D eigenvalue weighted by molar-refractivity contribution is 7.90. The first-order valence-electron chi connectivity index (χ1n) is 10.8. The van der Waals surface area contributed by atoms with Crippen LogP contribution >= 0.6 is 0 Å².